The van der Waals surface area contributed by atoms with Gasteiger partial charge in [-0.1, -0.05) is 30.3 Å². The number of ether oxygens (including phenoxy) is 1. The molecule has 1 aliphatic rings. The van der Waals surface area contributed by atoms with Gasteiger partial charge in [-0.3, -0.25) is 9.30 Å². The Balaban J connectivity index is 1.59. The van der Waals surface area contributed by atoms with Gasteiger partial charge in [0.25, 0.3) is 0 Å². The molecule has 2 atom stereocenters. The largest absolute Gasteiger partial charge is 0.408 e. The van der Waals surface area contributed by atoms with Gasteiger partial charge in [0, 0.05) is 37.8 Å². The maximum atomic E-state index is 14.1. The summed E-state index contributed by atoms with van der Waals surface area (Å²) in [5.74, 6) is 0.388. The molecule has 0 spiro atoms. The molecule has 0 radical (unpaired) electrons. The molecule has 1 unspecified atom stereocenters. The van der Waals surface area contributed by atoms with Crippen LogP contribution in [0.1, 0.15) is 23.6 Å². The predicted molar refractivity (Wildman–Crippen MR) is 122 cm³/mol. The number of rotatable bonds is 6. The van der Waals surface area contributed by atoms with E-state index in [0.717, 1.165) is 16.5 Å². The second kappa shape index (κ2) is 8.94. The smallest absolute Gasteiger partial charge is 0.384 e. The van der Waals surface area contributed by atoms with Crippen molar-refractivity contribution in [3.63, 3.8) is 0 Å². The highest BCUT2D eigenvalue weighted by molar-refractivity contribution is 5.84. The average Bonchev–Trinajstić information content (AvgIpc) is 3.42. The lowest BCUT2D eigenvalue weighted by Crippen LogP contribution is -2.38. The summed E-state index contributed by atoms with van der Waals surface area (Å²) in [5, 5.41) is 9.37. The van der Waals surface area contributed by atoms with Crippen LogP contribution in [-0.2, 0) is 11.2 Å². The molecule has 7 nitrogen and oxygen atoms in total. The van der Waals surface area contributed by atoms with Crippen LogP contribution in [0.5, 0.6) is 0 Å². The highest BCUT2D eigenvalue weighted by Crippen LogP contribution is 2.39. The standard InChI is InChI=1S/C24H25F3N6O/c1-34-12-10-16-4-2-3-15-5-7-19(29-21(15)16)23-31-30-20-8-6-17(13-33(20)23)22(24(25,26)27)32-11-9-18(28)14-32/h2-8,13,18,22H,9-12,14,28H2,1H3/t18?,22-/m1/s1. The number of methoxy groups -OCH3 is 1. The van der Waals surface area contributed by atoms with Crippen molar-refractivity contribution in [3.05, 3.63) is 59.8 Å². The lowest BCUT2D eigenvalue weighted by molar-refractivity contribution is -0.183. The van der Waals surface area contributed by atoms with Crippen molar-refractivity contribution in [2.75, 3.05) is 26.8 Å². The minimum atomic E-state index is -4.44. The molecule has 5 rings (SSSR count). The van der Waals surface area contributed by atoms with Crippen LogP contribution in [0.25, 0.3) is 28.1 Å². The number of aromatic nitrogens is 4. The van der Waals surface area contributed by atoms with E-state index in [2.05, 4.69) is 10.2 Å². The summed E-state index contributed by atoms with van der Waals surface area (Å²) in [6, 6.07) is 10.7. The lowest BCUT2D eigenvalue weighted by atomic mass is 10.1. The maximum absolute atomic E-state index is 14.1. The summed E-state index contributed by atoms with van der Waals surface area (Å²) in [5.41, 5.74) is 8.84. The molecule has 34 heavy (non-hydrogen) atoms. The Kier molecular flexibility index (Phi) is 5.97. The van der Waals surface area contributed by atoms with E-state index in [1.807, 2.05) is 30.3 Å². The zero-order valence-corrected chi connectivity index (χ0v) is 18.7. The number of hydrogen-bond acceptors (Lipinski definition) is 6. The molecule has 178 valence electrons. The van der Waals surface area contributed by atoms with E-state index in [4.69, 9.17) is 15.5 Å². The zero-order chi connectivity index (χ0) is 23.9. The van der Waals surface area contributed by atoms with Crippen molar-refractivity contribution in [3.8, 4) is 11.5 Å². The van der Waals surface area contributed by atoms with E-state index in [1.165, 1.54) is 17.2 Å². The molecule has 1 fully saturated rings. The van der Waals surface area contributed by atoms with E-state index < -0.39 is 12.2 Å². The fourth-order valence-corrected chi connectivity index (χ4v) is 4.65. The molecule has 0 amide bonds. The van der Waals surface area contributed by atoms with Crippen molar-refractivity contribution < 1.29 is 17.9 Å². The first-order valence-electron chi connectivity index (χ1n) is 11.1. The second-order valence-corrected chi connectivity index (χ2v) is 8.63. The topological polar surface area (TPSA) is 81.6 Å². The number of alkyl halides is 3. The molecular weight excluding hydrogens is 445 g/mol. The van der Waals surface area contributed by atoms with Gasteiger partial charge in [0.15, 0.2) is 11.5 Å². The van der Waals surface area contributed by atoms with Crippen LogP contribution in [0, 0.1) is 0 Å². The maximum Gasteiger partial charge on any atom is 0.408 e. The molecule has 0 saturated carbocycles. The van der Waals surface area contributed by atoms with Gasteiger partial charge in [0.2, 0.25) is 0 Å². The molecule has 3 aromatic heterocycles. The van der Waals surface area contributed by atoms with Gasteiger partial charge in [-0.2, -0.15) is 13.2 Å². The SMILES string of the molecule is COCCc1cccc2ccc(-c3nnc4ccc([C@@H](N5CCC(N)C5)C(F)(F)F)cn34)nc12. The minimum absolute atomic E-state index is 0.122. The first-order valence-corrected chi connectivity index (χ1v) is 11.1. The second-order valence-electron chi connectivity index (χ2n) is 8.63. The number of hydrogen-bond donors (Lipinski definition) is 1. The van der Waals surface area contributed by atoms with Crippen molar-refractivity contribution in [1.82, 2.24) is 24.5 Å². The summed E-state index contributed by atoms with van der Waals surface area (Å²) in [4.78, 5) is 6.20. The lowest BCUT2D eigenvalue weighted by Gasteiger charge is -2.30. The molecule has 10 heteroatoms. The number of fused-ring (bicyclic) bond motifs is 2. The molecule has 4 aromatic rings. The van der Waals surface area contributed by atoms with Gasteiger partial charge in [0.05, 0.1) is 12.1 Å². The van der Waals surface area contributed by atoms with Crippen molar-refractivity contribution in [2.45, 2.75) is 31.1 Å². The number of para-hydroxylation sites is 1. The van der Waals surface area contributed by atoms with Crippen molar-refractivity contribution in [1.29, 1.82) is 0 Å². The first kappa shape index (κ1) is 22.7. The van der Waals surface area contributed by atoms with Crippen molar-refractivity contribution >= 4 is 16.6 Å². The van der Waals surface area contributed by atoms with Crippen LogP contribution < -0.4 is 5.73 Å². The first-order chi connectivity index (χ1) is 16.3. The summed E-state index contributed by atoms with van der Waals surface area (Å²) in [6.45, 7) is 1.06. The van der Waals surface area contributed by atoms with Gasteiger partial charge < -0.3 is 10.5 Å². The molecule has 2 N–H and O–H groups in total. The van der Waals surface area contributed by atoms with E-state index in [9.17, 15) is 13.2 Å². The van der Waals surface area contributed by atoms with E-state index in [0.29, 0.717) is 43.2 Å². The summed E-state index contributed by atoms with van der Waals surface area (Å²) in [6.07, 6.45) is -1.74. The number of likely N-dealkylation sites (tertiary alicyclic amines) is 1. The van der Waals surface area contributed by atoms with E-state index in [1.54, 1.807) is 17.6 Å². The number of nitrogens with two attached hydrogens (primary N) is 1. The Labute approximate surface area is 194 Å². The third kappa shape index (κ3) is 4.24. The highest BCUT2D eigenvalue weighted by Gasteiger charge is 2.46. The Hall–Kier alpha value is -3.08. The fourth-order valence-electron chi connectivity index (χ4n) is 4.65. The Bertz CT molecular complexity index is 1320. The Morgan fingerprint density at radius 3 is 2.74 bits per heavy atom. The average molecular weight is 470 g/mol. The van der Waals surface area contributed by atoms with Gasteiger partial charge in [0.1, 0.15) is 11.7 Å². The Morgan fingerprint density at radius 2 is 2.00 bits per heavy atom. The number of pyridine rings is 2. The number of benzene rings is 1. The van der Waals surface area contributed by atoms with Gasteiger partial charge in [-0.15, -0.1) is 10.2 Å². The number of nitrogens with zero attached hydrogens (tertiary/aromatic N) is 5. The summed E-state index contributed by atoms with van der Waals surface area (Å²) < 4.78 is 49.1. The molecular formula is C24H25F3N6O. The predicted octanol–water partition coefficient (Wildman–Crippen LogP) is 3.77. The van der Waals surface area contributed by atoms with Crippen LogP contribution in [0.15, 0.2) is 48.7 Å². The van der Waals surface area contributed by atoms with Crippen LogP contribution in [0.2, 0.25) is 0 Å². The van der Waals surface area contributed by atoms with Crippen LogP contribution in [0.4, 0.5) is 13.2 Å². The highest BCUT2D eigenvalue weighted by atomic mass is 19.4. The third-order valence-electron chi connectivity index (χ3n) is 6.28. The van der Waals surface area contributed by atoms with Crippen LogP contribution >= 0.6 is 0 Å². The van der Waals surface area contributed by atoms with Crippen LogP contribution in [0.3, 0.4) is 0 Å². The fraction of sp³-hybridized carbons (Fsp3) is 0.375. The molecule has 4 heterocycles. The zero-order valence-electron chi connectivity index (χ0n) is 18.7. The Morgan fingerprint density at radius 1 is 1.15 bits per heavy atom. The van der Waals surface area contributed by atoms with Gasteiger partial charge in [-0.25, -0.2) is 4.98 Å². The number of halogens is 3. The monoisotopic (exact) mass is 470 g/mol. The van der Waals surface area contributed by atoms with E-state index >= 15 is 0 Å². The van der Waals surface area contributed by atoms with Gasteiger partial charge in [-0.05, 0) is 36.1 Å². The summed E-state index contributed by atoms with van der Waals surface area (Å²) >= 11 is 0. The molecule has 0 aliphatic carbocycles. The van der Waals surface area contributed by atoms with E-state index in [-0.39, 0.29) is 18.2 Å². The van der Waals surface area contributed by atoms with Crippen LogP contribution in [-0.4, -0.2) is 63.5 Å². The molecule has 1 aromatic carbocycles. The van der Waals surface area contributed by atoms with Crippen molar-refractivity contribution in [2.24, 2.45) is 5.73 Å². The van der Waals surface area contributed by atoms with Gasteiger partial charge >= 0.3 is 6.18 Å². The third-order valence-corrected chi connectivity index (χ3v) is 6.28. The molecule has 1 aliphatic heterocycles. The minimum Gasteiger partial charge on any atom is -0.384 e. The quantitative estimate of drug-likeness (QED) is 0.462. The normalized spacial score (nSPS) is 18.2. The summed E-state index contributed by atoms with van der Waals surface area (Å²) in [7, 11) is 1.65. The molecule has 1 saturated heterocycles. The molecule has 0 bridgehead atoms.